The van der Waals surface area contributed by atoms with Crippen LogP contribution in [0.2, 0.25) is 0 Å². The van der Waals surface area contributed by atoms with Gasteiger partial charge in [0.05, 0.1) is 13.1 Å². The fourth-order valence-electron chi connectivity index (χ4n) is 2.75. The summed E-state index contributed by atoms with van der Waals surface area (Å²) in [6.07, 6.45) is 2.57. The average molecular weight is 261 g/mol. The number of benzene rings is 1. The lowest BCUT2D eigenvalue weighted by Crippen LogP contribution is -3.14. The Labute approximate surface area is 116 Å². The van der Waals surface area contributed by atoms with Gasteiger partial charge in [-0.3, -0.25) is 4.79 Å². The van der Waals surface area contributed by atoms with Gasteiger partial charge in [-0.25, -0.2) is 0 Å². The van der Waals surface area contributed by atoms with Crippen LogP contribution in [0.15, 0.2) is 24.3 Å². The largest absolute Gasteiger partial charge is 0.347 e. The molecule has 1 heterocycles. The number of quaternary nitrogens is 1. The summed E-state index contributed by atoms with van der Waals surface area (Å²) in [5.41, 5.74) is 2.42. The first-order valence-electron chi connectivity index (χ1n) is 7.29. The molecule has 2 atom stereocenters. The molecule has 3 heteroatoms. The highest BCUT2D eigenvalue weighted by Crippen LogP contribution is 2.04. The molecule has 0 radical (unpaired) electrons. The van der Waals surface area contributed by atoms with Gasteiger partial charge >= 0.3 is 0 Å². The van der Waals surface area contributed by atoms with Gasteiger partial charge in [0, 0.05) is 12.5 Å². The normalized spacial score (nSPS) is 23.1. The summed E-state index contributed by atoms with van der Waals surface area (Å²) in [6.45, 7) is 7.89. The number of piperidine rings is 1. The van der Waals surface area contributed by atoms with E-state index in [1.807, 2.05) is 0 Å². The molecule has 0 bridgehead atoms. The standard InChI is InChI=1S/C16H24N2O/c1-13-5-7-15(8-6-13)10-17-16(19)12-18-9-3-4-14(2)11-18/h5-8,14H,3-4,9-12H2,1-2H3,(H,17,19)/p+1/t14-/m0/s1. The van der Waals surface area contributed by atoms with Crippen molar-refractivity contribution >= 4 is 5.91 Å². The van der Waals surface area contributed by atoms with Crippen LogP contribution in [0.4, 0.5) is 0 Å². The number of aryl methyl sites for hydroxylation is 1. The predicted octanol–water partition coefficient (Wildman–Crippen LogP) is 0.926. The maximum absolute atomic E-state index is 11.9. The number of rotatable bonds is 4. The maximum Gasteiger partial charge on any atom is 0.275 e. The van der Waals surface area contributed by atoms with E-state index in [9.17, 15) is 4.79 Å². The number of amides is 1. The molecule has 19 heavy (non-hydrogen) atoms. The third-order valence-corrected chi connectivity index (χ3v) is 3.89. The smallest absolute Gasteiger partial charge is 0.275 e. The minimum atomic E-state index is 0.171. The van der Waals surface area contributed by atoms with E-state index in [0.29, 0.717) is 13.1 Å². The van der Waals surface area contributed by atoms with E-state index in [2.05, 4.69) is 43.4 Å². The minimum absolute atomic E-state index is 0.171. The minimum Gasteiger partial charge on any atom is -0.347 e. The molecule has 0 spiro atoms. The van der Waals surface area contributed by atoms with E-state index in [1.165, 1.54) is 28.9 Å². The summed E-state index contributed by atoms with van der Waals surface area (Å²) < 4.78 is 0. The van der Waals surface area contributed by atoms with Crippen LogP contribution in [-0.2, 0) is 11.3 Å². The highest BCUT2D eigenvalue weighted by atomic mass is 16.2. The second-order valence-electron chi connectivity index (χ2n) is 5.89. The van der Waals surface area contributed by atoms with Crippen LogP contribution >= 0.6 is 0 Å². The predicted molar refractivity (Wildman–Crippen MR) is 77.0 cm³/mol. The van der Waals surface area contributed by atoms with Crippen LogP contribution in [-0.4, -0.2) is 25.5 Å². The van der Waals surface area contributed by atoms with Crippen LogP contribution in [0.3, 0.4) is 0 Å². The zero-order valence-electron chi connectivity index (χ0n) is 12.0. The monoisotopic (exact) mass is 261 g/mol. The Hall–Kier alpha value is -1.35. The molecule has 0 aliphatic carbocycles. The summed E-state index contributed by atoms with van der Waals surface area (Å²) in [7, 11) is 0. The molecule has 1 aromatic rings. The quantitative estimate of drug-likeness (QED) is 0.830. The van der Waals surface area contributed by atoms with Gasteiger partial charge < -0.3 is 10.2 Å². The van der Waals surface area contributed by atoms with Gasteiger partial charge in [-0.2, -0.15) is 0 Å². The Morgan fingerprint density at radius 2 is 2.11 bits per heavy atom. The van der Waals surface area contributed by atoms with Gasteiger partial charge in [-0.1, -0.05) is 36.8 Å². The van der Waals surface area contributed by atoms with Crippen LogP contribution < -0.4 is 10.2 Å². The van der Waals surface area contributed by atoms with E-state index in [4.69, 9.17) is 0 Å². The molecular weight excluding hydrogens is 236 g/mol. The molecule has 104 valence electrons. The van der Waals surface area contributed by atoms with Gasteiger partial charge in [0.15, 0.2) is 6.54 Å². The second-order valence-corrected chi connectivity index (χ2v) is 5.89. The van der Waals surface area contributed by atoms with Gasteiger partial charge in [-0.15, -0.1) is 0 Å². The average Bonchev–Trinajstić information content (AvgIpc) is 2.38. The van der Waals surface area contributed by atoms with Crippen molar-refractivity contribution in [2.45, 2.75) is 33.2 Å². The molecule has 2 rings (SSSR count). The Morgan fingerprint density at radius 3 is 2.79 bits per heavy atom. The SMILES string of the molecule is Cc1ccc(CNC(=O)C[NH+]2CCC[C@H](C)C2)cc1. The number of hydrogen-bond donors (Lipinski definition) is 2. The Kier molecular flexibility index (Phi) is 4.97. The van der Waals surface area contributed by atoms with E-state index in [0.717, 1.165) is 19.0 Å². The first kappa shape index (κ1) is 14.1. The van der Waals surface area contributed by atoms with Gasteiger partial charge in [-0.05, 0) is 25.3 Å². The molecule has 0 saturated carbocycles. The lowest BCUT2D eigenvalue weighted by molar-refractivity contribution is -0.900. The van der Waals surface area contributed by atoms with Crippen molar-refractivity contribution in [1.82, 2.24) is 5.32 Å². The highest BCUT2D eigenvalue weighted by molar-refractivity contribution is 5.76. The topological polar surface area (TPSA) is 33.5 Å². The van der Waals surface area contributed by atoms with E-state index in [1.54, 1.807) is 0 Å². The Bertz CT molecular complexity index is 413. The van der Waals surface area contributed by atoms with Crippen molar-refractivity contribution in [2.75, 3.05) is 19.6 Å². The van der Waals surface area contributed by atoms with Crippen LogP contribution in [0.1, 0.15) is 30.9 Å². The van der Waals surface area contributed by atoms with Crippen LogP contribution in [0.25, 0.3) is 0 Å². The summed E-state index contributed by atoms with van der Waals surface area (Å²) in [5, 5.41) is 3.02. The lowest BCUT2D eigenvalue weighted by Gasteiger charge is -2.27. The van der Waals surface area contributed by atoms with Crippen molar-refractivity contribution in [3.8, 4) is 0 Å². The third kappa shape index (κ3) is 4.67. The first-order valence-corrected chi connectivity index (χ1v) is 7.29. The van der Waals surface area contributed by atoms with Crippen molar-refractivity contribution in [3.63, 3.8) is 0 Å². The van der Waals surface area contributed by atoms with Crippen LogP contribution in [0, 0.1) is 12.8 Å². The fraction of sp³-hybridized carbons (Fsp3) is 0.562. The molecule has 1 aliphatic rings. The number of hydrogen-bond acceptors (Lipinski definition) is 1. The Morgan fingerprint density at radius 1 is 1.37 bits per heavy atom. The zero-order chi connectivity index (χ0) is 13.7. The summed E-state index contributed by atoms with van der Waals surface area (Å²) in [6, 6.07) is 8.31. The number of carbonyl (C=O) groups is 1. The van der Waals surface area contributed by atoms with E-state index < -0.39 is 0 Å². The first-order chi connectivity index (χ1) is 9.13. The molecule has 3 nitrogen and oxygen atoms in total. The Balaban J connectivity index is 1.73. The summed E-state index contributed by atoms with van der Waals surface area (Å²) >= 11 is 0. The number of nitrogens with one attached hydrogen (secondary N) is 2. The van der Waals surface area contributed by atoms with Crippen LogP contribution in [0.5, 0.6) is 0 Å². The molecule has 2 N–H and O–H groups in total. The van der Waals surface area contributed by atoms with Gasteiger partial charge in [0.2, 0.25) is 0 Å². The van der Waals surface area contributed by atoms with Crippen molar-refractivity contribution < 1.29 is 9.69 Å². The molecule has 1 fully saturated rings. The van der Waals surface area contributed by atoms with E-state index in [-0.39, 0.29) is 5.91 Å². The molecular formula is C16H25N2O+. The molecule has 0 aromatic heterocycles. The van der Waals surface area contributed by atoms with Gasteiger partial charge in [0.25, 0.3) is 5.91 Å². The highest BCUT2D eigenvalue weighted by Gasteiger charge is 2.21. The van der Waals surface area contributed by atoms with Crippen molar-refractivity contribution in [2.24, 2.45) is 5.92 Å². The maximum atomic E-state index is 11.9. The molecule has 1 aromatic carbocycles. The summed E-state index contributed by atoms with van der Waals surface area (Å²) in [4.78, 5) is 13.4. The van der Waals surface area contributed by atoms with Crippen molar-refractivity contribution in [3.05, 3.63) is 35.4 Å². The molecule has 1 aliphatic heterocycles. The number of likely N-dealkylation sites (tertiary alicyclic amines) is 1. The van der Waals surface area contributed by atoms with Gasteiger partial charge in [0.1, 0.15) is 0 Å². The third-order valence-electron chi connectivity index (χ3n) is 3.89. The van der Waals surface area contributed by atoms with Crippen molar-refractivity contribution in [1.29, 1.82) is 0 Å². The zero-order valence-corrected chi connectivity index (χ0v) is 12.0. The molecule has 1 unspecified atom stereocenters. The van der Waals surface area contributed by atoms with E-state index >= 15 is 0 Å². The summed E-state index contributed by atoms with van der Waals surface area (Å²) in [5.74, 6) is 0.929. The number of carbonyl (C=O) groups excluding carboxylic acids is 1. The molecule has 1 amide bonds. The second kappa shape index (κ2) is 6.71. The lowest BCUT2D eigenvalue weighted by atomic mass is 10.0. The molecule has 1 saturated heterocycles. The fourth-order valence-corrected chi connectivity index (χ4v) is 2.75.